The predicted octanol–water partition coefficient (Wildman–Crippen LogP) is 4.02. The van der Waals surface area contributed by atoms with E-state index in [0.717, 1.165) is 17.9 Å². The molecule has 1 unspecified atom stereocenters. The number of hydrogen-bond donors (Lipinski definition) is 1. The smallest absolute Gasteiger partial charge is 0.335 e. The van der Waals surface area contributed by atoms with Gasteiger partial charge in [0.15, 0.2) is 0 Å². The van der Waals surface area contributed by atoms with Crippen molar-refractivity contribution in [2.75, 3.05) is 13.1 Å². The highest BCUT2D eigenvalue weighted by Crippen LogP contribution is 2.32. The second-order valence-electron chi connectivity index (χ2n) is 7.14. The molecule has 4 rings (SSSR count). The van der Waals surface area contributed by atoms with E-state index in [0.29, 0.717) is 31.6 Å². The number of aromatic nitrogens is 2. The number of carboxylic acids is 1. The van der Waals surface area contributed by atoms with Gasteiger partial charge in [0, 0.05) is 24.6 Å². The van der Waals surface area contributed by atoms with Crippen molar-refractivity contribution in [3.8, 4) is 0 Å². The number of halogens is 2. The van der Waals surface area contributed by atoms with Crippen molar-refractivity contribution < 1.29 is 18.7 Å². The Kier molecular flexibility index (Phi) is 4.85. The lowest BCUT2D eigenvalue weighted by Crippen LogP contribution is -2.22. The molecule has 5 nitrogen and oxygen atoms in total. The van der Waals surface area contributed by atoms with Gasteiger partial charge in [-0.2, -0.15) is 0 Å². The summed E-state index contributed by atoms with van der Waals surface area (Å²) in [6.07, 6.45) is 0.688. The summed E-state index contributed by atoms with van der Waals surface area (Å²) in [7, 11) is 0. The molecule has 2 aromatic carbocycles. The van der Waals surface area contributed by atoms with Crippen LogP contribution in [0.1, 0.15) is 41.0 Å². The Morgan fingerprint density at radius 2 is 2.00 bits per heavy atom. The second-order valence-corrected chi connectivity index (χ2v) is 7.14. The Hall–Kier alpha value is -2.80. The molecular formula is C21H21F2N3O2. The minimum atomic E-state index is -0.983. The van der Waals surface area contributed by atoms with Gasteiger partial charge in [0.2, 0.25) is 0 Å². The van der Waals surface area contributed by atoms with Crippen LogP contribution in [-0.4, -0.2) is 38.6 Å². The van der Waals surface area contributed by atoms with Crippen LogP contribution in [0.15, 0.2) is 36.4 Å². The van der Waals surface area contributed by atoms with Crippen molar-refractivity contribution in [3.63, 3.8) is 0 Å². The fourth-order valence-corrected chi connectivity index (χ4v) is 4.10. The zero-order chi connectivity index (χ0) is 19.8. The molecule has 1 saturated heterocycles. The molecule has 0 spiro atoms. The number of likely N-dealkylation sites (tertiary alicyclic amines) is 1. The third-order valence-corrected chi connectivity index (χ3v) is 5.44. The third-order valence-electron chi connectivity index (χ3n) is 5.44. The fourth-order valence-electron chi connectivity index (χ4n) is 4.10. The number of hydrogen-bond acceptors (Lipinski definition) is 3. The van der Waals surface area contributed by atoms with Gasteiger partial charge in [-0.05, 0) is 50.2 Å². The summed E-state index contributed by atoms with van der Waals surface area (Å²) in [4.78, 5) is 18.0. The van der Waals surface area contributed by atoms with Crippen LogP contribution in [-0.2, 0) is 13.1 Å². The molecule has 1 aliphatic heterocycles. The first-order valence-electron chi connectivity index (χ1n) is 9.36. The van der Waals surface area contributed by atoms with Crippen LogP contribution in [0.2, 0.25) is 0 Å². The third kappa shape index (κ3) is 3.26. The van der Waals surface area contributed by atoms with Gasteiger partial charge in [0.25, 0.3) is 0 Å². The first-order chi connectivity index (χ1) is 13.5. The van der Waals surface area contributed by atoms with Crippen molar-refractivity contribution in [1.82, 2.24) is 14.5 Å². The standard InChI is InChI=1S/C21H21F2N3O2/c1-2-26-18-7-6-13(21(27)28)10-17(18)24-19(26)12-25-9-8-14(11-25)20-15(22)4-3-5-16(20)23/h3-7,10,14H,2,8-9,11-12H2,1H3,(H,27,28). The van der Waals surface area contributed by atoms with Crippen LogP contribution in [0, 0.1) is 11.6 Å². The summed E-state index contributed by atoms with van der Waals surface area (Å²) >= 11 is 0. The van der Waals surface area contributed by atoms with Crippen LogP contribution in [0.4, 0.5) is 8.78 Å². The number of imidazole rings is 1. The van der Waals surface area contributed by atoms with Crippen LogP contribution >= 0.6 is 0 Å². The molecule has 7 heteroatoms. The van der Waals surface area contributed by atoms with Crippen molar-refractivity contribution >= 4 is 17.0 Å². The number of carboxylic acid groups (broad SMARTS) is 1. The molecule has 2 heterocycles. The molecule has 0 radical (unpaired) electrons. The molecule has 0 bridgehead atoms. The molecule has 3 aromatic rings. The lowest BCUT2D eigenvalue weighted by atomic mass is 9.97. The molecule has 146 valence electrons. The highest BCUT2D eigenvalue weighted by molar-refractivity contribution is 5.92. The van der Waals surface area contributed by atoms with E-state index in [1.807, 2.05) is 6.92 Å². The van der Waals surface area contributed by atoms with Crippen molar-refractivity contribution in [2.45, 2.75) is 32.4 Å². The Morgan fingerprint density at radius 3 is 2.68 bits per heavy atom. The Bertz CT molecular complexity index is 1030. The van der Waals surface area contributed by atoms with Crippen molar-refractivity contribution in [2.24, 2.45) is 0 Å². The van der Waals surface area contributed by atoms with E-state index < -0.39 is 17.6 Å². The van der Waals surface area contributed by atoms with E-state index in [9.17, 15) is 18.7 Å². The number of carbonyl (C=O) groups is 1. The Morgan fingerprint density at radius 1 is 1.25 bits per heavy atom. The monoisotopic (exact) mass is 385 g/mol. The largest absolute Gasteiger partial charge is 0.478 e. The molecule has 1 fully saturated rings. The molecule has 0 amide bonds. The normalized spacial score (nSPS) is 17.5. The van der Waals surface area contributed by atoms with Crippen LogP contribution in [0.3, 0.4) is 0 Å². The second kappa shape index (κ2) is 7.31. The van der Waals surface area contributed by atoms with Gasteiger partial charge in [-0.25, -0.2) is 18.6 Å². The number of benzene rings is 2. The van der Waals surface area contributed by atoms with Gasteiger partial charge in [0.05, 0.1) is 23.1 Å². The van der Waals surface area contributed by atoms with E-state index in [1.165, 1.54) is 18.2 Å². The fraction of sp³-hybridized carbons (Fsp3) is 0.333. The Labute approximate surface area is 161 Å². The topological polar surface area (TPSA) is 58.4 Å². The minimum absolute atomic E-state index is 0.167. The van der Waals surface area contributed by atoms with Crippen LogP contribution < -0.4 is 0 Å². The minimum Gasteiger partial charge on any atom is -0.478 e. The summed E-state index contributed by atoms with van der Waals surface area (Å²) in [6, 6.07) is 8.93. The van der Waals surface area contributed by atoms with Crippen molar-refractivity contribution in [3.05, 3.63) is 65.0 Å². The van der Waals surface area contributed by atoms with Crippen LogP contribution in [0.25, 0.3) is 11.0 Å². The van der Waals surface area contributed by atoms with Gasteiger partial charge in [-0.15, -0.1) is 0 Å². The molecule has 0 saturated carbocycles. The quantitative estimate of drug-likeness (QED) is 0.721. The summed E-state index contributed by atoms with van der Waals surface area (Å²) < 4.78 is 30.2. The number of aryl methyl sites for hydroxylation is 1. The number of aromatic carboxylic acids is 1. The van der Waals surface area contributed by atoms with Gasteiger partial charge >= 0.3 is 5.97 Å². The summed E-state index contributed by atoms with van der Waals surface area (Å²) in [5, 5.41) is 9.19. The molecule has 1 aromatic heterocycles. The maximum absolute atomic E-state index is 14.1. The number of fused-ring (bicyclic) bond motifs is 1. The number of nitrogens with zero attached hydrogens (tertiary/aromatic N) is 3. The highest BCUT2D eigenvalue weighted by Gasteiger charge is 2.29. The lowest BCUT2D eigenvalue weighted by molar-refractivity contribution is 0.0697. The maximum atomic E-state index is 14.1. The van der Waals surface area contributed by atoms with E-state index in [4.69, 9.17) is 0 Å². The van der Waals surface area contributed by atoms with E-state index in [2.05, 4.69) is 14.5 Å². The van der Waals surface area contributed by atoms with Gasteiger partial charge in [-0.3, -0.25) is 4.90 Å². The molecule has 1 N–H and O–H groups in total. The van der Waals surface area contributed by atoms with E-state index in [-0.39, 0.29) is 17.0 Å². The average molecular weight is 385 g/mol. The van der Waals surface area contributed by atoms with Gasteiger partial charge in [0.1, 0.15) is 17.5 Å². The first kappa shape index (κ1) is 18.6. The van der Waals surface area contributed by atoms with Crippen molar-refractivity contribution in [1.29, 1.82) is 0 Å². The van der Waals surface area contributed by atoms with E-state index >= 15 is 0 Å². The Balaban J connectivity index is 1.58. The number of rotatable bonds is 5. The van der Waals surface area contributed by atoms with E-state index in [1.54, 1.807) is 18.2 Å². The summed E-state index contributed by atoms with van der Waals surface area (Å²) in [5.74, 6) is -1.32. The van der Waals surface area contributed by atoms with Crippen LogP contribution in [0.5, 0.6) is 0 Å². The maximum Gasteiger partial charge on any atom is 0.335 e. The molecule has 1 aliphatic rings. The summed E-state index contributed by atoms with van der Waals surface area (Å²) in [5.41, 5.74) is 1.90. The first-order valence-corrected chi connectivity index (χ1v) is 9.36. The van der Waals surface area contributed by atoms with Gasteiger partial charge in [-0.1, -0.05) is 6.07 Å². The molecular weight excluding hydrogens is 364 g/mol. The molecule has 1 atom stereocenters. The predicted molar refractivity (Wildman–Crippen MR) is 101 cm³/mol. The lowest BCUT2D eigenvalue weighted by Gasteiger charge is -2.17. The highest BCUT2D eigenvalue weighted by atomic mass is 19.1. The summed E-state index contributed by atoms with van der Waals surface area (Å²) in [6.45, 7) is 4.56. The molecule has 28 heavy (non-hydrogen) atoms. The zero-order valence-electron chi connectivity index (χ0n) is 15.5. The SMILES string of the molecule is CCn1c(CN2CCC(c3c(F)cccc3F)C2)nc2cc(C(=O)O)ccc21. The zero-order valence-corrected chi connectivity index (χ0v) is 15.5. The van der Waals surface area contributed by atoms with Gasteiger partial charge < -0.3 is 9.67 Å². The average Bonchev–Trinajstić information content (AvgIpc) is 3.25. The molecule has 0 aliphatic carbocycles.